The standard InChI is InChI=1S/C19H24N4O7S2/c1-3-30-18-9-6-14(12-19(18)32(28,29)22-10-4-5-11-22)21-16-8-7-15(31(26,27)20-2)13-17(16)23(24)25/h6-9,12-13,20-21H,3-5,10-11H2,1-2H3. The molecule has 0 bridgehead atoms. The van der Waals surface area contributed by atoms with E-state index < -0.39 is 30.7 Å². The molecule has 0 radical (unpaired) electrons. The van der Waals surface area contributed by atoms with Crippen LogP contribution in [0.1, 0.15) is 19.8 Å². The highest BCUT2D eigenvalue weighted by atomic mass is 32.2. The molecule has 0 atom stereocenters. The average Bonchev–Trinajstić information content (AvgIpc) is 3.31. The Morgan fingerprint density at radius 2 is 1.78 bits per heavy atom. The van der Waals surface area contributed by atoms with E-state index in [9.17, 15) is 26.9 Å². The number of benzene rings is 2. The molecule has 0 amide bonds. The quantitative estimate of drug-likeness (QED) is 0.407. The van der Waals surface area contributed by atoms with Gasteiger partial charge in [0.1, 0.15) is 16.3 Å². The maximum atomic E-state index is 13.1. The van der Waals surface area contributed by atoms with E-state index in [1.165, 1.54) is 41.7 Å². The van der Waals surface area contributed by atoms with E-state index in [2.05, 4.69) is 10.0 Å². The Morgan fingerprint density at radius 3 is 2.38 bits per heavy atom. The van der Waals surface area contributed by atoms with Crippen LogP contribution in [-0.2, 0) is 20.0 Å². The smallest absolute Gasteiger partial charge is 0.294 e. The molecule has 0 spiro atoms. The second-order valence-corrected chi connectivity index (χ2v) is 10.8. The highest BCUT2D eigenvalue weighted by molar-refractivity contribution is 7.89. The zero-order chi connectivity index (χ0) is 23.5. The van der Waals surface area contributed by atoms with Crippen LogP contribution in [0, 0.1) is 10.1 Å². The van der Waals surface area contributed by atoms with Gasteiger partial charge < -0.3 is 10.1 Å². The van der Waals surface area contributed by atoms with Crippen LogP contribution < -0.4 is 14.8 Å². The predicted molar refractivity (Wildman–Crippen MR) is 118 cm³/mol. The van der Waals surface area contributed by atoms with E-state index in [1.54, 1.807) is 6.92 Å². The zero-order valence-corrected chi connectivity index (χ0v) is 19.2. The molecule has 2 aromatic rings. The van der Waals surface area contributed by atoms with Crippen molar-refractivity contribution in [1.29, 1.82) is 0 Å². The monoisotopic (exact) mass is 484 g/mol. The van der Waals surface area contributed by atoms with Gasteiger partial charge in [-0.3, -0.25) is 10.1 Å². The summed E-state index contributed by atoms with van der Waals surface area (Å²) < 4.78 is 59.2. The van der Waals surface area contributed by atoms with Crippen molar-refractivity contribution in [3.05, 3.63) is 46.5 Å². The van der Waals surface area contributed by atoms with Crippen LogP contribution >= 0.6 is 0 Å². The summed E-state index contributed by atoms with van der Waals surface area (Å²) in [6.07, 6.45) is 1.55. The molecule has 2 aromatic carbocycles. The lowest BCUT2D eigenvalue weighted by Gasteiger charge is -2.19. The summed E-state index contributed by atoms with van der Waals surface area (Å²) in [4.78, 5) is 10.5. The number of rotatable bonds is 9. The molecule has 1 aliphatic heterocycles. The number of ether oxygens (including phenoxy) is 1. The van der Waals surface area contributed by atoms with E-state index in [0.29, 0.717) is 13.1 Å². The number of nitrogens with zero attached hydrogens (tertiary/aromatic N) is 2. The third kappa shape index (κ3) is 4.85. The minimum atomic E-state index is -3.87. The largest absolute Gasteiger partial charge is 0.492 e. The molecule has 0 saturated carbocycles. The second-order valence-electron chi connectivity index (χ2n) is 6.97. The number of hydrogen-bond acceptors (Lipinski definition) is 8. The lowest BCUT2D eigenvalue weighted by molar-refractivity contribution is -0.384. The molecular weight excluding hydrogens is 460 g/mol. The molecule has 32 heavy (non-hydrogen) atoms. The van der Waals surface area contributed by atoms with E-state index in [1.807, 2.05) is 0 Å². The topological polar surface area (TPSA) is 148 Å². The van der Waals surface area contributed by atoms with Gasteiger partial charge in [0, 0.05) is 24.8 Å². The SMILES string of the molecule is CCOc1ccc(Nc2ccc(S(=O)(=O)NC)cc2[N+](=O)[O-])cc1S(=O)(=O)N1CCCC1. The van der Waals surface area contributed by atoms with Crippen molar-refractivity contribution in [3.63, 3.8) is 0 Å². The van der Waals surface area contributed by atoms with Crippen LogP contribution in [0.5, 0.6) is 5.75 Å². The Morgan fingerprint density at radius 1 is 1.09 bits per heavy atom. The first-order chi connectivity index (χ1) is 15.1. The number of anilines is 2. The molecule has 11 nitrogen and oxygen atoms in total. The number of nitro benzene ring substituents is 1. The molecule has 174 valence electrons. The van der Waals surface area contributed by atoms with Crippen LogP contribution in [0.2, 0.25) is 0 Å². The molecule has 1 heterocycles. The van der Waals surface area contributed by atoms with Gasteiger partial charge in [0.2, 0.25) is 20.0 Å². The summed E-state index contributed by atoms with van der Waals surface area (Å²) >= 11 is 0. The van der Waals surface area contributed by atoms with Crippen LogP contribution in [0.4, 0.5) is 17.1 Å². The number of nitro groups is 1. The Kier molecular flexibility index (Phi) is 7.03. The normalized spacial score (nSPS) is 14.9. The van der Waals surface area contributed by atoms with E-state index in [4.69, 9.17) is 4.74 Å². The summed E-state index contributed by atoms with van der Waals surface area (Å²) in [7, 11) is -6.49. The first-order valence-electron chi connectivity index (χ1n) is 9.86. The van der Waals surface area contributed by atoms with Gasteiger partial charge in [0.15, 0.2) is 0 Å². The molecule has 1 saturated heterocycles. The highest BCUT2D eigenvalue weighted by Gasteiger charge is 2.30. The third-order valence-electron chi connectivity index (χ3n) is 4.95. The molecule has 1 aliphatic rings. The highest BCUT2D eigenvalue weighted by Crippen LogP contribution is 2.35. The van der Waals surface area contributed by atoms with Crippen molar-refractivity contribution in [2.45, 2.75) is 29.6 Å². The van der Waals surface area contributed by atoms with Crippen molar-refractivity contribution in [1.82, 2.24) is 9.03 Å². The minimum absolute atomic E-state index is 0.0127. The maximum absolute atomic E-state index is 13.1. The van der Waals surface area contributed by atoms with Crippen LogP contribution in [0.25, 0.3) is 0 Å². The van der Waals surface area contributed by atoms with Crippen molar-refractivity contribution in [3.8, 4) is 5.75 Å². The Labute approximate surface area is 186 Å². The van der Waals surface area contributed by atoms with Gasteiger partial charge in [-0.25, -0.2) is 21.6 Å². The molecular formula is C19H24N4O7S2. The molecule has 3 rings (SSSR count). The molecule has 0 unspecified atom stereocenters. The molecule has 0 aromatic heterocycles. The van der Waals surface area contributed by atoms with Gasteiger partial charge >= 0.3 is 0 Å². The predicted octanol–water partition coefficient (Wildman–Crippen LogP) is 2.43. The van der Waals surface area contributed by atoms with Crippen LogP contribution in [0.3, 0.4) is 0 Å². The zero-order valence-electron chi connectivity index (χ0n) is 17.6. The van der Waals surface area contributed by atoms with Crippen LogP contribution in [0.15, 0.2) is 46.2 Å². The fourth-order valence-corrected chi connectivity index (χ4v) is 5.76. The van der Waals surface area contributed by atoms with Gasteiger partial charge in [-0.2, -0.15) is 4.31 Å². The van der Waals surface area contributed by atoms with Crippen molar-refractivity contribution >= 4 is 37.1 Å². The van der Waals surface area contributed by atoms with Gasteiger partial charge in [0.05, 0.1) is 16.4 Å². The second kappa shape index (κ2) is 9.40. The maximum Gasteiger partial charge on any atom is 0.294 e. The molecule has 2 N–H and O–H groups in total. The number of nitrogens with one attached hydrogen (secondary N) is 2. The minimum Gasteiger partial charge on any atom is -0.492 e. The van der Waals surface area contributed by atoms with Crippen molar-refractivity contribution in [2.24, 2.45) is 0 Å². The van der Waals surface area contributed by atoms with Crippen LogP contribution in [-0.4, -0.2) is 52.8 Å². The summed E-state index contributed by atoms with van der Waals surface area (Å²) in [6, 6.07) is 7.80. The first-order valence-corrected chi connectivity index (χ1v) is 12.8. The van der Waals surface area contributed by atoms with E-state index in [-0.39, 0.29) is 33.5 Å². The van der Waals surface area contributed by atoms with Crippen molar-refractivity contribution in [2.75, 3.05) is 32.1 Å². The fourth-order valence-electron chi connectivity index (χ4n) is 3.34. The lowest BCUT2D eigenvalue weighted by Crippen LogP contribution is -2.28. The van der Waals surface area contributed by atoms with Gasteiger partial charge in [-0.1, -0.05) is 0 Å². The lowest BCUT2D eigenvalue weighted by atomic mass is 10.2. The Hall–Kier alpha value is -2.74. The summed E-state index contributed by atoms with van der Waals surface area (Å²) in [5, 5.41) is 14.4. The average molecular weight is 485 g/mol. The van der Waals surface area contributed by atoms with E-state index in [0.717, 1.165) is 18.9 Å². The van der Waals surface area contributed by atoms with Gasteiger partial charge in [0.25, 0.3) is 5.69 Å². The molecule has 0 aliphatic carbocycles. The Balaban J connectivity index is 2.03. The first kappa shape index (κ1) is 23.9. The van der Waals surface area contributed by atoms with E-state index >= 15 is 0 Å². The molecule has 1 fully saturated rings. The Bertz CT molecular complexity index is 1220. The number of sulfonamides is 2. The summed E-state index contributed by atoms with van der Waals surface area (Å²) in [5.74, 6) is 0.190. The summed E-state index contributed by atoms with van der Waals surface area (Å²) in [6.45, 7) is 2.83. The summed E-state index contributed by atoms with van der Waals surface area (Å²) in [5.41, 5.74) is -0.184. The fraction of sp³-hybridized carbons (Fsp3) is 0.368. The van der Waals surface area contributed by atoms with Gasteiger partial charge in [-0.05, 0) is 57.1 Å². The molecule has 13 heteroatoms. The van der Waals surface area contributed by atoms with Gasteiger partial charge in [-0.15, -0.1) is 0 Å². The van der Waals surface area contributed by atoms with Crippen molar-refractivity contribution < 1.29 is 26.5 Å². The third-order valence-corrected chi connectivity index (χ3v) is 8.28. The number of hydrogen-bond donors (Lipinski definition) is 2.